The summed E-state index contributed by atoms with van der Waals surface area (Å²) in [6.45, 7) is 0.956. The quantitative estimate of drug-likeness (QED) is 0.885. The number of aliphatic hydroxyl groups is 2. The first-order valence-corrected chi connectivity index (χ1v) is 8.95. The molecule has 1 heterocycles. The third kappa shape index (κ3) is 2.87. The predicted molar refractivity (Wildman–Crippen MR) is 96.8 cm³/mol. The van der Waals surface area contributed by atoms with Gasteiger partial charge < -0.3 is 19.8 Å². The average Bonchev–Trinajstić information content (AvgIpc) is 2.78. The van der Waals surface area contributed by atoms with Crippen LogP contribution >= 0.6 is 0 Å². The maximum absolute atomic E-state index is 12.9. The summed E-state index contributed by atoms with van der Waals surface area (Å²) in [5, 5.41) is 20.7. The lowest BCUT2D eigenvalue weighted by Crippen LogP contribution is -2.39. The van der Waals surface area contributed by atoms with Crippen molar-refractivity contribution in [1.29, 1.82) is 0 Å². The van der Waals surface area contributed by atoms with Gasteiger partial charge >= 0.3 is 0 Å². The zero-order valence-corrected chi connectivity index (χ0v) is 14.8. The van der Waals surface area contributed by atoms with E-state index in [2.05, 4.69) is 0 Å². The van der Waals surface area contributed by atoms with E-state index in [1.54, 1.807) is 7.11 Å². The zero-order chi connectivity index (χ0) is 18.3. The molecule has 0 saturated carbocycles. The van der Waals surface area contributed by atoms with Crippen LogP contribution < -0.4 is 4.74 Å². The third-order valence-electron chi connectivity index (χ3n) is 5.56. The lowest BCUT2D eigenvalue weighted by Gasteiger charge is -2.33. The number of para-hydroxylation sites is 1. The lowest BCUT2D eigenvalue weighted by atomic mass is 9.76. The molecule has 1 aliphatic heterocycles. The fourth-order valence-electron chi connectivity index (χ4n) is 4.26. The zero-order valence-electron chi connectivity index (χ0n) is 14.8. The van der Waals surface area contributed by atoms with Gasteiger partial charge in [0, 0.05) is 37.4 Å². The van der Waals surface area contributed by atoms with Gasteiger partial charge in [0.2, 0.25) is 5.91 Å². The first kappa shape index (κ1) is 17.1. The maximum atomic E-state index is 12.9. The van der Waals surface area contributed by atoms with Crippen molar-refractivity contribution in [2.24, 2.45) is 0 Å². The molecule has 4 rings (SSSR count). The van der Waals surface area contributed by atoms with Gasteiger partial charge in [0.15, 0.2) is 0 Å². The van der Waals surface area contributed by atoms with Crippen LogP contribution in [0.3, 0.4) is 0 Å². The molecule has 0 spiro atoms. The van der Waals surface area contributed by atoms with E-state index in [4.69, 9.17) is 4.74 Å². The summed E-state index contributed by atoms with van der Waals surface area (Å²) in [6.07, 6.45) is -1.09. The molecule has 5 heteroatoms. The highest BCUT2D eigenvalue weighted by molar-refractivity contribution is 5.78. The van der Waals surface area contributed by atoms with Gasteiger partial charge in [-0.2, -0.15) is 0 Å². The fraction of sp³-hybridized carbons (Fsp3) is 0.381. The highest BCUT2D eigenvalue weighted by Gasteiger charge is 2.40. The smallest absolute Gasteiger partial charge is 0.223 e. The van der Waals surface area contributed by atoms with Gasteiger partial charge in [-0.05, 0) is 22.8 Å². The van der Waals surface area contributed by atoms with Crippen molar-refractivity contribution in [3.05, 3.63) is 64.7 Å². The van der Waals surface area contributed by atoms with Crippen molar-refractivity contribution < 1.29 is 19.7 Å². The van der Waals surface area contributed by atoms with E-state index in [0.29, 0.717) is 19.5 Å². The maximum Gasteiger partial charge on any atom is 0.223 e. The Balaban J connectivity index is 1.70. The normalized spacial score (nSPS) is 24.8. The molecule has 0 saturated heterocycles. The van der Waals surface area contributed by atoms with Crippen LogP contribution in [0.15, 0.2) is 42.5 Å². The summed E-state index contributed by atoms with van der Waals surface area (Å²) < 4.78 is 5.41. The SMILES string of the molecule is COc1ccccc1CN1Cc2cccc3c2[C@@H](CC1=O)[C@H](O)[C@H](O)C3. The minimum absolute atomic E-state index is 0.0174. The van der Waals surface area contributed by atoms with Crippen molar-refractivity contribution in [2.45, 2.75) is 44.1 Å². The molecule has 136 valence electrons. The molecule has 5 nitrogen and oxygen atoms in total. The summed E-state index contributed by atoms with van der Waals surface area (Å²) in [5.41, 5.74) is 4.09. The lowest BCUT2D eigenvalue weighted by molar-refractivity contribution is -0.133. The van der Waals surface area contributed by atoms with Gasteiger partial charge in [0.25, 0.3) is 0 Å². The molecule has 0 radical (unpaired) electrons. The largest absolute Gasteiger partial charge is 0.496 e. The van der Waals surface area contributed by atoms with Gasteiger partial charge in [-0.3, -0.25) is 4.79 Å². The Bertz CT molecular complexity index is 835. The van der Waals surface area contributed by atoms with Gasteiger partial charge in [-0.25, -0.2) is 0 Å². The van der Waals surface area contributed by atoms with E-state index in [1.165, 1.54) is 0 Å². The Morgan fingerprint density at radius 1 is 1.08 bits per heavy atom. The second kappa shape index (κ2) is 6.74. The van der Waals surface area contributed by atoms with Crippen molar-refractivity contribution in [3.8, 4) is 5.75 Å². The molecule has 0 aromatic heterocycles. The number of hydrogen-bond acceptors (Lipinski definition) is 4. The van der Waals surface area contributed by atoms with E-state index in [-0.39, 0.29) is 18.2 Å². The van der Waals surface area contributed by atoms with Crippen LogP contribution in [0, 0.1) is 0 Å². The van der Waals surface area contributed by atoms with Gasteiger partial charge in [0.1, 0.15) is 5.75 Å². The average molecular weight is 353 g/mol. The monoisotopic (exact) mass is 353 g/mol. The molecular weight excluding hydrogens is 330 g/mol. The molecule has 26 heavy (non-hydrogen) atoms. The number of carbonyl (C=O) groups excluding carboxylic acids is 1. The highest BCUT2D eigenvalue weighted by Crippen LogP contribution is 2.40. The predicted octanol–water partition coefficient (Wildman–Crippen LogP) is 1.99. The van der Waals surface area contributed by atoms with Crippen molar-refractivity contribution >= 4 is 5.91 Å². The number of amides is 1. The molecule has 1 amide bonds. The molecule has 0 unspecified atom stereocenters. The molecule has 3 atom stereocenters. The Morgan fingerprint density at radius 3 is 2.65 bits per heavy atom. The first-order chi connectivity index (χ1) is 12.6. The van der Waals surface area contributed by atoms with Crippen LogP contribution in [0.1, 0.15) is 34.6 Å². The molecule has 0 bridgehead atoms. The molecule has 1 aliphatic carbocycles. The van der Waals surface area contributed by atoms with Crippen LogP contribution in [0.25, 0.3) is 0 Å². The molecule has 2 aromatic carbocycles. The van der Waals surface area contributed by atoms with E-state index >= 15 is 0 Å². The van der Waals surface area contributed by atoms with Crippen molar-refractivity contribution in [3.63, 3.8) is 0 Å². The second-order valence-corrected chi connectivity index (χ2v) is 7.12. The number of nitrogens with zero attached hydrogens (tertiary/aromatic N) is 1. The summed E-state index contributed by atoms with van der Waals surface area (Å²) in [6, 6.07) is 13.7. The molecule has 0 fully saturated rings. The molecular formula is C21H23NO4. The van der Waals surface area contributed by atoms with Crippen molar-refractivity contribution in [2.75, 3.05) is 7.11 Å². The number of carbonyl (C=O) groups is 1. The van der Waals surface area contributed by atoms with Crippen LogP contribution in [-0.2, 0) is 24.3 Å². The highest BCUT2D eigenvalue weighted by atomic mass is 16.5. The van der Waals surface area contributed by atoms with Crippen LogP contribution in [0.4, 0.5) is 0 Å². The third-order valence-corrected chi connectivity index (χ3v) is 5.56. The molecule has 2 aromatic rings. The fourth-order valence-corrected chi connectivity index (χ4v) is 4.26. The van der Waals surface area contributed by atoms with Gasteiger partial charge in [-0.1, -0.05) is 36.4 Å². The number of hydrogen-bond donors (Lipinski definition) is 2. The van der Waals surface area contributed by atoms with Crippen LogP contribution in [0.2, 0.25) is 0 Å². The standard InChI is InChI=1S/C21H23NO4/c1-26-18-8-3-2-5-14(18)11-22-12-15-7-4-6-13-9-17(23)21(25)16(20(13)15)10-19(22)24/h2-8,16-17,21,23,25H,9-12H2,1H3/t16-,17-,21+/m1/s1. The summed E-state index contributed by atoms with van der Waals surface area (Å²) in [4.78, 5) is 14.7. The van der Waals surface area contributed by atoms with E-state index in [1.807, 2.05) is 47.4 Å². The minimum atomic E-state index is -0.904. The number of rotatable bonds is 3. The number of benzene rings is 2. The van der Waals surface area contributed by atoms with Gasteiger partial charge in [-0.15, -0.1) is 0 Å². The Kier molecular flexibility index (Phi) is 4.42. The Morgan fingerprint density at radius 2 is 1.85 bits per heavy atom. The van der Waals surface area contributed by atoms with Crippen molar-refractivity contribution in [1.82, 2.24) is 4.90 Å². The number of ether oxygens (including phenoxy) is 1. The summed E-state index contributed by atoms with van der Waals surface area (Å²) in [5.74, 6) is 0.395. The van der Waals surface area contributed by atoms with E-state index < -0.39 is 12.2 Å². The van der Waals surface area contributed by atoms with Crippen LogP contribution in [0.5, 0.6) is 5.75 Å². The van der Waals surface area contributed by atoms with E-state index in [9.17, 15) is 15.0 Å². The summed E-state index contributed by atoms with van der Waals surface area (Å²) in [7, 11) is 1.63. The number of aliphatic hydroxyl groups excluding tert-OH is 2. The first-order valence-electron chi connectivity index (χ1n) is 8.95. The topological polar surface area (TPSA) is 70.0 Å². The minimum Gasteiger partial charge on any atom is -0.496 e. The Labute approximate surface area is 152 Å². The second-order valence-electron chi connectivity index (χ2n) is 7.12. The Hall–Kier alpha value is -2.37. The number of methoxy groups -OCH3 is 1. The summed E-state index contributed by atoms with van der Waals surface area (Å²) >= 11 is 0. The molecule has 2 N–H and O–H groups in total. The molecule has 2 aliphatic rings. The van der Waals surface area contributed by atoms with Gasteiger partial charge in [0.05, 0.1) is 19.3 Å². The van der Waals surface area contributed by atoms with Crippen LogP contribution in [-0.4, -0.2) is 40.3 Å². The van der Waals surface area contributed by atoms with E-state index in [0.717, 1.165) is 28.0 Å².